The van der Waals surface area contributed by atoms with Gasteiger partial charge in [0.2, 0.25) is 0 Å². The van der Waals surface area contributed by atoms with Crippen molar-refractivity contribution in [1.82, 2.24) is 5.43 Å². The van der Waals surface area contributed by atoms with Crippen LogP contribution >= 0.6 is 0 Å². The summed E-state index contributed by atoms with van der Waals surface area (Å²) in [7, 11) is 0. The fraction of sp³-hybridized carbons (Fsp3) is 0. The Kier molecular flexibility index (Phi) is 5.04. The molecule has 0 aliphatic carbocycles. The molecule has 5 heteroatoms. The van der Waals surface area contributed by atoms with Gasteiger partial charge in [-0.3, -0.25) is 0 Å². The van der Waals surface area contributed by atoms with Crippen molar-refractivity contribution in [1.29, 1.82) is 0 Å². The molecular weight excluding hydrogens is 250 g/mol. The van der Waals surface area contributed by atoms with Crippen LogP contribution in [0.25, 0.3) is 0 Å². The molecule has 20 heavy (non-hydrogen) atoms. The van der Waals surface area contributed by atoms with Gasteiger partial charge in [0.25, 0.3) is 5.96 Å². The quantitative estimate of drug-likeness (QED) is 0.415. The van der Waals surface area contributed by atoms with Gasteiger partial charge in [0.1, 0.15) is 0 Å². The van der Waals surface area contributed by atoms with Gasteiger partial charge in [0.05, 0.1) is 6.21 Å². The van der Waals surface area contributed by atoms with E-state index in [0.717, 1.165) is 11.1 Å². The van der Waals surface area contributed by atoms with E-state index in [9.17, 15) is 0 Å². The summed E-state index contributed by atoms with van der Waals surface area (Å²) in [6.07, 6.45) is 3.42. The van der Waals surface area contributed by atoms with Crippen molar-refractivity contribution in [3.05, 3.63) is 71.8 Å². The zero-order valence-corrected chi connectivity index (χ0v) is 10.9. The van der Waals surface area contributed by atoms with Crippen LogP contribution in [-0.2, 0) is 0 Å². The van der Waals surface area contributed by atoms with Gasteiger partial charge in [-0.1, -0.05) is 48.5 Å². The van der Waals surface area contributed by atoms with Crippen molar-refractivity contribution in [3.63, 3.8) is 0 Å². The fourth-order valence-corrected chi connectivity index (χ4v) is 1.46. The van der Waals surface area contributed by atoms with Gasteiger partial charge in [-0.05, 0) is 17.7 Å². The fourth-order valence-electron chi connectivity index (χ4n) is 1.46. The van der Waals surface area contributed by atoms with Gasteiger partial charge >= 0.3 is 0 Å². The lowest BCUT2D eigenvalue weighted by Gasteiger charge is -1.91. The predicted octanol–water partition coefficient (Wildman–Crippen LogP) is 0.0395. The maximum atomic E-state index is 5.64. The van der Waals surface area contributed by atoms with E-state index >= 15 is 0 Å². The Balaban J connectivity index is 1.86. The molecule has 0 aliphatic rings. The summed E-state index contributed by atoms with van der Waals surface area (Å²) in [4.78, 5) is 0. The predicted molar refractivity (Wildman–Crippen MR) is 81.4 cm³/mol. The normalized spacial score (nSPS) is 12.1. The summed E-state index contributed by atoms with van der Waals surface area (Å²) in [5.41, 5.74) is 10.4. The van der Waals surface area contributed by atoms with Crippen molar-refractivity contribution in [2.75, 3.05) is 0 Å². The van der Waals surface area contributed by atoms with Crippen LogP contribution in [0, 0.1) is 0 Å². The minimum atomic E-state index is 0.185. The van der Waals surface area contributed by atoms with Crippen LogP contribution in [-0.4, -0.2) is 18.4 Å². The molecule has 4 N–H and O–H groups in total. The average Bonchev–Trinajstić information content (AvgIpc) is 2.49. The zero-order valence-electron chi connectivity index (χ0n) is 10.9. The topological polar surface area (TPSA) is 76.7 Å². The van der Waals surface area contributed by atoms with Crippen LogP contribution < -0.4 is 16.3 Å². The van der Waals surface area contributed by atoms with Crippen LogP contribution in [0.2, 0.25) is 0 Å². The number of nitrogens with one attached hydrogen (secondary N) is 2. The van der Waals surface area contributed by atoms with Crippen molar-refractivity contribution in [3.8, 4) is 0 Å². The molecule has 0 heterocycles. The molecule has 0 aromatic heterocycles. The highest BCUT2D eigenvalue weighted by Gasteiger charge is 1.91. The minimum absolute atomic E-state index is 0.185. The molecule has 5 nitrogen and oxygen atoms in total. The van der Waals surface area contributed by atoms with Crippen molar-refractivity contribution in [2.24, 2.45) is 15.9 Å². The van der Waals surface area contributed by atoms with Crippen LogP contribution in [0.5, 0.6) is 0 Å². The smallest absolute Gasteiger partial charge is 0.269 e. The van der Waals surface area contributed by atoms with E-state index in [4.69, 9.17) is 5.73 Å². The molecule has 2 aromatic rings. The van der Waals surface area contributed by atoms with Gasteiger partial charge in [-0.15, -0.1) is 15.6 Å². The van der Waals surface area contributed by atoms with Crippen molar-refractivity contribution < 1.29 is 5.10 Å². The Morgan fingerprint density at radius 1 is 0.950 bits per heavy atom. The summed E-state index contributed by atoms with van der Waals surface area (Å²) in [5, 5.41) is 10.6. The first-order valence-electron chi connectivity index (χ1n) is 6.16. The lowest BCUT2D eigenvalue weighted by molar-refractivity contribution is -0.500. The van der Waals surface area contributed by atoms with Crippen LogP contribution in [0.15, 0.2) is 70.9 Å². The number of hydrogen-bond donors (Lipinski definition) is 3. The molecule has 0 aliphatic heterocycles. The van der Waals surface area contributed by atoms with E-state index in [1.54, 1.807) is 12.4 Å². The summed E-state index contributed by atoms with van der Waals surface area (Å²) in [5.74, 6) is 0.185. The number of guanidine groups is 1. The second-order valence-corrected chi connectivity index (χ2v) is 3.96. The maximum Gasteiger partial charge on any atom is 0.269 e. The second-order valence-electron chi connectivity index (χ2n) is 3.96. The number of hydrazine groups is 1. The second kappa shape index (κ2) is 7.48. The maximum absolute atomic E-state index is 5.64. The molecule has 0 atom stereocenters. The standard InChI is InChI=1S/C15H15N5/c16-15(19-17-11-13-7-3-1-4-8-13)20-18-12-14-9-5-2-6-10-14/h1-12H,(H3,16,19,20)/p+1/b17-11+,18-12+. The molecule has 0 unspecified atom stereocenters. The first-order valence-corrected chi connectivity index (χ1v) is 6.16. The van der Waals surface area contributed by atoms with Gasteiger partial charge in [0.15, 0.2) is 6.21 Å². The Bertz CT molecular complexity index is 603. The monoisotopic (exact) mass is 266 g/mol. The van der Waals surface area contributed by atoms with Crippen LogP contribution in [0.4, 0.5) is 0 Å². The molecule has 0 saturated heterocycles. The number of nitrogens with two attached hydrogens (primary N) is 1. The number of nitrogens with zero attached hydrogens (tertiary/aromatic N) is 2. The Hall–Kier alpha value is -2.95. The molecule has 2 rings (SSSR count). The molecule has 0 spiro atoms. The number of benzene rings is 2. The summed E-state index contributed by atoms with van der Waals surface area (Å²) in [6.45, 7) is 0. The van der Waals surface area contributed by atoms with Crippen molar-refractivity contribution >= 4 is 18.4 Å². The van der Waals surface area contributed by atoms with E-state index in [1.807, 2.05) is 60.7 Å². The third kappa shape index (κ3) is 4.73. The molecule has 0 fully saturated rings. The number of hydrazone groups is 1. The SMILES string of the molecule is N/C(=N/N=C/c1ccccc1)N/[NH+]=C/c1ccccc1. The van der Waals surface area contributed by atoms with Gasteiger partial charge in [-0.25, -0.2) is 0 Å². The molecule has 2 aromatic carbocycles. The highest BCUT2D eigenvalue weighted by molar-refractivity contribution is 5.82. The molecule has 0 saturated carbocycles. The molecule has 0 amide bonds. The Morgan fingerprint density at radius 3 is 2.20 bits per heavy atom. The number of hydrogen-bond acceptors (Lipinski definition) is 2. The highest BCUT2D eigenvalue weighted by atomic mass is 15.4. The minimum Gasteiger partial charge on any atom is -0.364 e. The van der Waals surface area contributed by atoms with Gasteiger partial charge in [-0.2, -0.15) is 5.10 Å². The van der Waals surface area contributed by atoms with Crippen LogP contribution in [0.1, 0.15) is 11.1 Å². The largest absolute Gasteiger partial charge is 0.364 e. The summed E-state index contributed by atoms with van der Waals surface area (Å²) < 4.78 is 0. The van der Waals surface area contributed by atoms with Crippen molar-refractivity contribution in [2.45, 2.75) is 0 Å². The first kappa shape index (κ1) is 13.5. The average molecular weight is 266 g/mol. The van der Waals surface area contributed by atoms with E-state index in [0.29, 0.717) is 0 Å². The van der Waals surface area contributed by atoms with E-state index in [2.05, 4.69) is 20.7 Å². The Labute approximate surface area is 117 Å². The van der Waals surface area contributed by atoms with E-state index in [-0.39, 0.29) is 5.96 Å². The highest BCUT2D eigenvalue weighted by Crippen LogP contribution is 1.93. The van der Waals surface area contributed by atoms with E-state index in [1.165, 1.54) is 0 Å². The molecule has 100 valence electrons. The molecule has 0 bridgehead atoms. The lowest BCUT2D eigenvalue weighted by atomic mass is 10.2. The third-order valence-electron chi connectivity index (χ3n) is 2.41. The van der Waals surface area contributed by atoms with Gasteiger partial charge < -0.3 is 5.73 Å². The Morgan fingerprint density at radius 2 is 1.55 bits per heavy atom. The summed E-state index contributed by atoms with van der Waals surface area (Å²) >= 11 is 0. The van der Waals surface area contributed by atoms with Gasteiger partial charge in [0, 0.05) is 5.56 Å². The zero-order chi connectivity index (χ0) is 14.0. The molecular formula is C15H16N5+. The summed E-state index contributed by atoms with van der Waals surface area (Å²) in [6, 6.07) is 19.5. The first-order chi connectivity index (χ1) is 9.84. The number of rotatable bonds is 4. The lowest BCUT2D eigenvalue weighted by Crippen LogP contribution is -2.82. The molecule has 0 radical (unpaired) electrons. The van der Waals surface area contributed by atoms with E-state index < -0.39 is 0 Å². The van der Waals surface area contributed by atoms with Crippen LogP contribution in [0.3, 0.4) is 0 Å². The third-order valence-corrected chi connectivity index (χ3v) is 2.41.